The van der Waals surface area contributed by atoms with Gasteiger partial charge in [0.1, 0.15) is 11.4 Å². The predicted octanol–water partition coefficient (Wildman–Crippen LogP) is 5.28. The van der Waals surface area contributed by atoms with Crippen LogP contribution in [0.2, 0.25) is 0 Å². The second-order valence-corrected chi connectivity index (χ2v) is 8.83. The average Bonchev–Trinajstić information content (AvgIpc) is 3.12. The zero-order valence-corrected chi connectivity index (χ0v) is 19.3. The first-order chi connectivity index (χ1) is 16.5. The molecule has 1 unspecified atom stereocenters. The van der Waals surface area contributed by atoms with Crippen LogP contribution in [0.15, 0.2) is 83.9 Å². The molecule has 0 radical (unpaired) electrons. The van der Waals surface area contributed by atoms with E-state index in [0.29, 0.717) is 10.9 Å². The number of rotatable bonds is 2. The summed E-state index contributed by atoms with van der Waals surface area (Å²) in [7, 11) is -3.95. The molecule has 178 valence electrons. The fourth-order valence-electron chi connectivity index (χ4n) is 3.42. The number of alkyl halides is 3. The molecule has 35 heavy (non-hydrogen) atoms. The fourth-order valence-corrected chi connectivity index (χ4v) is 3.42. The van der Waals surface area contributed by atoms with Gasteiger partial charge in [0.2, 0.25) is 0 Å². The van der Waals surface area contributed by atoms with E-state index < -0.39 is 15.6 Å². The summed E-state index contributed by atoms with van der Waals surface area (Å²) in [6, 6.07) is 26.5. The Balaban J connectivity index is 0.000000371. The lowest BCUT2D eigenvalue weighted by molar-refractivity contribution is -0.0517. The van der Waals surface area contributed by atoms with Gasteiger partial charge >= 0.3 is 5.51 Å². The smallest absolute Gasteiger partial charge is 0.485 e. The van der Waals surface area contributed by atoms with Crippen molar-refractivity contribution in [1.29, 1.82) is 0 Å². The second kappa shape index (κ2) is 10.2. The Hall–Kier alpha value is -3.89. The standard InChI is InChI=1S/C25H19N2.CHF3O3S/c1-3-11-21-14-10-17-23-25(21)26-24(19-18-20-12-6-4-7-13-20)27(23,2)22-15-8-5-9-16-22;2-1(3,4)8(5,6)7/h1,4-10,12-17H,11H2,2H3;(H,5,6,7)/q+1;/p-1. The van der Waals surface area contributed by atoms with E-state index in [0.717, 1.165) is 34.0 Å². The molecule has 1 heterocycles. The van der Waals surface area contributed by atoms with Gasteiger partial charge in [0, 0.05) is 36.1 Å². The molecule has 0 saturated carbocycles. The van der Waals surface area contributed by atoms with Gasteiger partial charge in [0.15, 0.2) is 15.8 Å². The minimum absolute atomic E-state index is 0.439. The van der Waals surface area contributed by atoms with Crippen molar-refractivity contribution in [3.63, 3.8) is 0 Å². The highest BCUT2D eigenvalue weighted by Gasteiger charge is 2.42. The van der Waals surface area contributed by atoms with Crippen LogP contribution in [-0.2, 0) is 16.5 Å². The third-order valence-electron chi connectivity index (χ3n) is 5.16. The van der Waals surface area contributed by atoms with Crippen molar-refractivity contribution in [2.45, 2.75) is 11.9 Å². The van der Waals surface area contributed by atoms with E-state index in [1.807, 2.05) is 60.7 Å². The monoisotopic (exact) mass is 496 g/mol. The number of para-hydroxylation sites is 2. The van der Waals surface area contributed by atoms with E-state index in [4.69, 9.17) is 24.4 Å². The van der Waals surface area contributed by atoms with Crippen molar-refractivity contribution in [1.82, 2.24) is 4.48 Å². The maximum atomic E-state index is 10.7. The van der Waals surface area contributed by atoms with Gasteiger partial charge in [-0.15, -0.1) is 12.3 Å². The molecule has 1 atom stereocenters. The summed E-state index contributed by atoms with van der Waals surface area (Å²) >= 11 is 0. The molecule has 5 nitrogen and oxygen atoms in total. The first kappa shape index (κ1) is 25.7. The van der Waals surface area contributed by atoms with Crippen molar-refractivity contribution in [2.24, 2.45) is 4.99 Å². The van der Waals surface area contributed by atoms with Crippen molar-refractivity contribution in [3.05, 3.63) is 90.0 Å². The van der Waals surface area contributed by atoms with Crippen LogP contribution in [0.25, 0.3) is 0 Å². The van der Waals surface area contributed by atoms with E-state index in [9.17, 15) is 13.2 Å². The highest BCUT2D eigenvalue weighted by atomic mass is 32.2. The summed E-state index contributed by atoms with van der Waals surface area (Å²) in [4.78, 5) is 4.93. The van der Waals surface area contributed by atoms with Crippen molar-refractivity contribution in [2.75, 3.05) is 7.05 Å². The van der Waals surface area contributed by atoms with Gasteiger partial charge in [0.05, 0.1) is 7.05 Å². The lowest BCUT2D eigenvalue weighted by Crippen LogP contribution is -2.42. The summed E-state index contributed by atoms with van der Waals surface area (Å²) < 4.78 is 59.3. The van der Waals surface area contributed by atoms with Crippen LogP contribution >= 0.6 is 0 Å². The third kappa shape index (κ3) is 5.61. The van der Waals surface area contributed by atoms with Gasteiger partial charge in [-0.05, 0) is 17.7 Å². The molecule has 0 aromatic heterocycles. The number of quaternary nitrogens is 1. The lowest BCUT2D eigenvalue weighted by Gasteiger charge is -2.28. The summed E-state index contributed by atoms with van der Waals surface area (Å²) in [5.41, 5.74) is -0.445. The number of hydrogen-bond acceptors (Lipinski definition) is 4. The molecule has 0 N–H and O–H groups in total. The highest BCUT2D eigenvalue weighted by Crippen LogP contribution is 2.47. The van der Waals surface area contributed by atoms with Crippen molar-refractivity contribution < 1.29 is 26.1 Å². The summed E-state index contributed by atoms with van der Waals surface area (Å²) in [6.07, 6.45) is 6.13. The zero-order valence-electron chi connectivity index (χ0n) is 18.5. The molecule has 1 aliphatic heterocycles. The van der Waals surface area contributed by atoms with E-state index in [2.05, 4.69) is 43.0 Å². The molecule has 0 bridgehead atoms. The maximum absolute atomic E-state index is 10.7. The van der Waals surface area contributed by atoms with Crippen LogP contribution in [0.1, 0.15) is 11.1 Å². The van der Waals surface area contributed by atoms with E-state index in [1.165, 1.54) is 0 Å². The number of fused-ring (bicyclic) bond motifs is 1. The molecule has 0 aliphatic carbocycles. The minimum Gasteiger partial charge on any atom is -0.741 e. The fraction of sp³-hybridized carbons (Fsp3) is 0.115. The molecule has 0 fully saturated rings. The van der Waals surface area contributed by atoms with Gasteiger partial charge < -0.3 is 4.55 Å². The molecular weight excluding hydrogens is 477 g/mol. The number of halogens is 3. The van der Waals surface area contributed by atoms with Gasteiger partial charge in [-0.2, -0.15) is 18.2 Å². The quantitative estimate of drug-likeness (QED) is 0.210. The Labute approximate surface area is 201 Å². The molecule has 3 aromatic rings. The highest BCUT2D eigenvalue weighted by molar-refractivity contribution is 7.86. The number of hydrogen-bond donors (Lipinski definition) is 0. The van der Waals surface area contributed by atoms with Crippen LogP contribution in [0.3, 0.4) is 0 Å². The Morgan fingerprint density at radius 2 is 1.51 bits per heavy atom. The van der Waals surface area contributed by atoms with Gasteiger partial charge in [-0.3, -0.25) is 0 Å². The first-order valence-corrected chi connectivity index (χ1v) is 11.6. The molecule has 9 heteroatoms. The lowest BCUT2D eigenvalue weighted by atomic mass is 10.1. The Morgan fingerprint density at radius 1 is 0.943 bits per heavy atom. The molecular formula is C26H19F3N2O3S. The summed E-state index contributed by atoms with van der Waals surface area (Å²) in [6.45, 7) is 0. The van der Waals surface area contributed by atoms with Crippen molar-refractivity contribution >= 4 is 33.0 Å². The molecule has 3 aromatic carbocycles. The summed E-state index contributed by atoms with van der Waals surface area (Å²) in [5, 5.41) is 0. The van der Waals surface area contributed by atoms with Crippen LogP contribution in [-0.4, -0.2) is 31.4 Å². The molecule has 0 amide bonds. The first-order valence-electron chi connectivity index (χ1n) is 10.1. The molecule has 1 aliphatic rings. The third-order valence-corrected chi connectivity index (χ3v) is 5.73. The zero-order chi connectivity index (χ0) is 25.7. The topological polar surface area (TPSA) is 69.6 Å². The van der Waals surface area contributed by atoms with Crippen LogP contribution in [0.5, 0.6) is 0 Å². The Kier molecular flexibility index (Phi) is 7.47. The van der Waals surface area contributed by atoms with Gasteiger partial charge in [0.25, 0.3) is 5.84 Å². The van der Waals surface area contributed by atoms with Crippen LogP contribution in [0.4, 0.5) is 30.2 Å². The van der Waals surface area contributed by atoms with Crippen molar-refractivity contribution in [3.8, 4) is 24.2 Å². The second-order valence-electron chi connectivity index (χ2n) is 7.46. The van der Waals surface area contributed by atoms with E-state index >= 15 is 0 Å². The number of amidine groups is 1. The average molecular weight is 497 g/mol. The SMILES string of the molecule is C#CCc1cccc2c1N=C(C#Cc1ccccc1)[N+]2(C)c1ccccc1.O=S(=O)([O-])C(F)(F)F. The normalized spacial score (nSPS) is 16.5. The van der Waals surface area contributed by atoms with E-state index in [1.54, 1.807) is 0 Å². The number of benzene rings is 3. The maximum Gasteiger partial charge on any atom is 0.485 e. The minimum atomic E-state index is -6.09. The molecule has 0 saturated heterocycles. The predicted molar refractivity (Wildman–Crippen MR) is 129 cm³/mol. The van der Waals surface area contributed by atoms with E-state index in [-0.39, 0.29) is 0 Å². The Bertz CT molecular complexity index is 1450. The molecule has 0 spiro atoms. The van der Waals surface area contributed by atoms with Gasteiger partial charge in [-0.25, -0.2) is 12.9 Å². The van der Waals surface area contributed by atoms with Gasteiger partial charge in [-0.1, -0.05) is 54.5 Å². The Morgan fingerprint density at radius 3 is 2.06 bits per heavy atom. The largest absolute Gasteiger partial charge is 0.741 e. The number of aliphatic imine (C=N–C) groups is 1. The summed E-state index contributed by atoms with van der Waals surface area (Å²) in [5.74, 6) is 10.1. The number of nitrogens with zero attached hydrogens (tertiary/aromatic N) is 2. The molecule has 4 rings (SSSR count). The number of terminal acetylenes is 1. The van der Waals surface area contributed by atoms with Crippen LogP contribution in [0, 0.1) is 24.2 Å². The van der Waals surface area contributed by atoms with Crippen LogP contribution < -0.4 is 4.48 Å².